The zero-order valence-electron chi connectivity index (χ0n) is 12.5. The molecule has 0 aromatic heterocycles. The van der Waals surface area contributed by atoms with Crippen molar-refractivity contribution in [2.24, 2.45) is 5.92 Å². The van der Waals surface area contributed by atoms with E-state index in [-0.39, 0.29) is 0 Å². The smallest absolute Gasteiger partial charge is 0.0366 e. The second-order valence-corrected chi connectivity index (χ2v) is 5.64. The van der Waals surface area contributed by atoms with Gasteiger partial charge in [-0.25, -0.2) is 0 Å². The lowest BCUT2D eigenvalue weighted by molar-refractivity contribution is 0.459. The van der Waals surface area contributed by atoms with Crippen molar-refractivity contribution < 1.29 is 0 Å². The minimum Gasteiger partial charge on any atom is -0.372 e. The fraction of sp³-hybridized carbons (Fsp3) is 0.647. The Morgan fingerprint density at radius 3 is 2.58 bits per heavy atom. The minimum atomic E-state index is 0.943. The summed E-state index contributed by atoms with van der Waals surface area (Å²) in [5.74, 6) is 0.943. The topological polar surface area (TPSA) is 15.3 Å². The Bertz CT molecular complexity index is 358. The van der Waals surface area contributed by atoms with Crippen molar-refractivity contribution in [2.75, 3.05) is 24.5 Å². The summed E-state index contributed by atoms with van der Waals surface area (Å²) < 4.78 is 0. The third-order valence-electron chi connectivity index (χ3n) is 4.31. The Hall–Kier alpha value is -1.02. The zero-order chi connectivity index (χ0) is 13.5. The van der Waals surface area contributed by atoms with E-state index in [9.17, 15) is 0 Å². The van der Waals surface area contributed by atoms with Gasteiger partial charge in [-0.3, -0.25) is 0 Å². The molecule has 0 bridgehead atoms. The Morgan fingerprint density at radius 1 is 1.11 bits per heavy atom. The number of nitrogens with one attached hydrogen (secondary N) is 1. The highest BCUT2D eigenvalue weighted by Gasteiger charge is 2.15. The van der Waals surface area contributed by atoms with Crippen LogP contribution in [0.4, 0.5) is 5.69 Å². The molecule has 2 nitrogen and oxygen atoms in total. The number of anilines is 1. The van der Waals surface area contributed by atoms with Crippen LogP contribution in [0.5, 0.6) is 0 Å². The highest BCUT2D eigenvalue weighted by molar-refractivity contribution is 5.47. The van der Waals surface area contributed by atoms with E-state index in [0.29, 0.717) is 0 Å². The predicted octanol–water partition coefficient (Wildman–Crippen LogP) is 3.81. The van der Waals surface area contributed by atoms with Crippen LogP contribution < -0.4 is 10.2 Å². The Kier molecular flexibility index (Phi) is 5.71. The maximum Gasteiger partial charge on any atom is 0.0366 e. The first-order valence-corrected chi connectivity index (χ1v) is 7.88. The summed E-state index contributed by atoms with van der Waals surface area (Å²) in [6.45, 7) is 8.95. The molecule has 0 saturated carbocycles. The molecule has 1 atom stereocenters. The summed E-state index contributed by atoms with van der Waals surface area (Å²) in [6, 6.07) is 9.11. The molecule has 0 amide bonds. The van der Waals surface area contributed by atoms with E-state index in [1.165, 1.54) is 50.0 Å². The summed E-state index contributed by atoms with van der Waals surface area (Å²) in [5.41, 5.74) is 2.78. The lowest BCUT2D eigenvalue weighted by Crippen LogP contribution is -2.24. The third-order valence-corrected chi connectivity index (χ3v) is 4.31. The van der Waals surface area contributed by atoms with Gasteiger partial charge in [-0.2, -0.15) is 0 Å². The molecular weight excluding hydrogens is 232 g/mol. The van der Waals surface area contributed by atoms with Crippen molar-refractivity contribution in [3.8, 4) is 0 Å². The van der Waals surface area contributed by atoms with E-state index < -0.39 is 0 Å². The molecule has 1 unspecified atom stereocenters. The fourth-order valence-corrected chi connectivity index (χ4v) is 2.93. The van der Waals surface area contributed by atoms with Gasteiger partial charge in [0.1, 0.15) is 0 Å². The van der Waals surface area contributed by atoms with Gasteiger partial charge in [0.2, 0.25) is 0 Å². The molecule has 1 aromatic rings. The molecule has 0 aliphatic carbocycles. The highest BCUT2D eigenvalue weighted by Crippen LogP contribution is 2.24. The van der Waals surface area contributed by atoms with Gasteiger partial charge in [0, 0.05) is 25.3 Å². The number of nitrogens with zero attached hydrogens (tertiary/aromatic N) is 1. The van der Waals surface area contributed by atoms with Crippen LogP contribution in [0.15, 0.2) is 24.3 Å². The van der Waals surface area contributed by atoms with Gasteiger partial charge in [0.25, 0.3) is 0 Å². The molecule has 1 fully saturated rings. The molecule has 0 spiro atoms. The molecule has 1 aliphatic heterocycles. The van der Waals surface area contributed by atoms with Gasteiger partial charge < -0.3 is 10.2 Å². The van der Waals surface area contributed by atoms with Gasteiger partial charge >= 0.3 is 0 Å². The summed E-state index contributed by atoms with van der Waals surface area (Å²) >= 11 is 0. The Morgan fingerprint density at radius 2 is 1.89 bits per heavy atom. The summed E-state index contributed by atoms with van der Waals surface area (Å²) in [5, 5.41) is 3.37. The van der Waals surface area contributed by atoms with Gasteiger partial charge in [-0.05, 0) is 49.4 Å². The maximum absolute atomic E-state index is 3.37. The van der Waals surface area contributed by atoms with Crippen LogP contribution in [-0.4, -0.2) is 19.6 Å². The second-order valence-electron chi connectivity index (χ2n) is 5.64. The Balaban J connectivity index is 1.93. The molecular formula is C17H28N2. The van der Waals surface area contributed by atoms with Crippen LogP contribution in [0, 0.1) is 5.92 Å². The lowest BCUT2D eigenvalue weighted by Gasteiger charge is -2.23. The number of rotatable bonds is 5. The SMILES string of the molecule is CCNCc1ccc(N2CCCC(CC)CC2)cc1. The predicted molar refractivity (Wildman–Crippen MR) is 83.7 cm³/mol. The van der Waals surface area contributed by atoms with Crippen molar-refractivity contribution in [3.63, 3.8) is 0 Å². The Labute approximate surface area is 118 Å². The van der Waals surface area contributed by atoms with Crippen molar-refractivity contribution in [3.05, 3.63) is 29.8 Å². The van der Waals surface area contributed by atoms with Crippen molar-refractivity contribution >= 4 is 5.69 Å². The first kappa shape index (κ1) is 14.4. The standard InChI is InChI=1S/C17H28N2/c1-3-15-6-5-12-19(13-11-15)17-9-7-16(8-10-17)14-18-4-2/h7-10,15,18H,3-6,11-14H2,1-2H3. The average Bonchev–Trinajstić information content (AvgIpc) is 2.71. The normalized spacial score (nSPS) is 20.3. The molecule has 1 aliphatic rings. The van der Waals surface area contributed by atoms with E-state index in [2.05, 4.69) is 48.3 Å². The van der Waals surface area contributed by atoms with Crippen molar-refractivity contribution in [1.82, 2.24) is 5.32 Å². The molecule has 19 heavy (non-hydrogen) atoms. The summed E-state index contributed by atoms with van der Waals surface area (Å²) in [4.78, 5) is 2.56. The fourth-order valence-electron chi connectivity index (χ4n) is 2.93. The average molecular weight is 260 g/mol. The van der Waals surface area contributed by atoms with Gasteiger partial charge in [0.15, 0.2) is 0 Å². The van der Waals surface area contributed by atoms with E-state index in [1.807, 2.05) is 0 Å². The molecule has 2 heteroatoms. The third kappa shape index (κ3) is 4.24. The molecule has 1 aromatic carbocycles. The molecule has 0 radical (unpaired) electrons. The zero-order valence-corrected chi connectivity index (χ0v) is 12.5. The first-order chi connectivity index (χ1) is 9.33. The first-order valence-electron chi connectivity index (χ1n) is 7.88. The molecule has 1 heterocycles. The number of hydrogen-bond donors (Lipinski definition) is 1. The maximum atomic E-state index is 3.37. The van der Waals surface area contributed by atoms with Gasteiger partial charge in [-0.15, -0.1) is 0 Å². The molecule has 106 valence electrons. The second kappa shape index (κ2) is 7.54. The molecule has 1 saturated heterocycles. The van der Waals surface area contributed by atoms with Crippen LogP contribution >= 0.6 is 0 Å². The van der Waals surface area contributed by atoms with E-state index >= 15 is 0 Å². The lowest BCUT2D eigenvalue weighted by atomic mass is 9.98. The minimum absolute atomic E-state index is 0.943. The monoisotopic (exact) mass is 260 g/mol. The van der Waals surface area contributed by atoms with Crippen LogP contribution in [-0.2, 0) is 6.54 Å². The number of hydrogen-bond acceptors (Lipinski definition) is 2. The van der Waals surface area contributed by atoms with Crippen molar-refractivity contribution in [1.29, 1.82) is 0 Å². The van der Waals surface area contributed by atoms with Crippen LogP contribution in [0.25, 0.3) is 0 Å². The quantitative estimate of drug-likeness (QED) is 0.866. The summed E-state index contributed by atoms with van der Waals surface area (Å²) in [6.07, 6.45) is 5.45. The van der Waals surface area contributed by atoms with E-state index in [1.54, 1.807) is 0 Å². The number of benzene rings is 1. The van der Waals surface area contributed by atoms with Crippen LogP contribution in [0.2, 0.25) is 0 Å². The van der Waals surface area contributed by atoms with Gasteiger partial charge in [-0.1, -0.05) is 32.4 Å². The largest absolute Gasteiger partial charge is 0.372 e. The van der Waals surface area contributed by atoms with Crippen molar-refractivity contribution in [2.45, 2.75) is 46.1 Å². The highest BCUT2D eigenvalue weighted by atomic mass is 15.1. The van der Waals surface area contributed by atoms with Crippen LogP contribution in [0.1, 0.15) is 45.1 Å². The molecule has 1 N–H and O–H groups in total. The summed E-state index contributed by atoms with van der Waals surface area (Å²) in [7, 11) is 0. The van der Waals surface area contributed by atoms with E-state index in [0.717, 1.165) is 19.0 Å². The van der Waals surface area contributed by atoms with Gasteiger partial charge in [0.05, 0.1) is 0 Å². The van der Waals surface area contributed by atoms with E-state index in [4.69, 9.17) is 0 Å². The molecule has 2 rings (SSSR count). The van der Waals surface area contributed by atoms with Crippen LogP contribution in [0.3, 0.4) is 0 Å².